The summed E-state index contributed by atoms with van der Waals surface area (Å²) in [6.45, 7) is 4.59. The SMILES string of the molecule is CCCCn1c(-c2ccccc2)nc(C#N)c1CN(Cc1ccc(S(N)(=O)=O)cc1)Cc1ccc2c(c1)OCO2. The van der Waals surface area contributed by atoms with E-state index in [1.54, 1.807) is 12.1 Å². The van der Waals surface area contributed by atoms with Gasteiger partial charge in [0.2, 0.25) is 16.8 Å². The van der Waals surface area contributed by atoms with E-state index < -0.39 is 10.0 Å². The highest BCUT2D eigenvalue weighted by Gasteiger charge is 2.22. The first-order chi connectivity index (χ1) is 19.4. The Morgan fingerprint density at radius 2 is 1.68 bits per heavy atom. The molecule has 2 heterocycles. The van der Waals surface area contributed by atoms with Crippen molar-refractivity contribution in [2.45, 2.75) is 50.8 Å². The largest absolute Gasteiger partial charge is 0.454 e. The molecule has 0 spiro atoms. The number of ether oxygens (including phenoxy) is 2. The standard InChI is InChI=1S/C30H31N5O4S/c1-2-3-15-35-27(26(17-31)33-30(35)24-7-5-4-6-8-24)20-34(18-22-9-12-25(13-10-22)40(32,36)37)19-23-11-14-28-29(16-23)39-21-38-28/h4-14,16H,2-3,15,18-21H2,1H3,(H2,32,36,37). The van der Waals surface area contributed by atoms with Gasteiger partial charge in [0.25, 0.3) is 0 Å². The highest BCUT2D eigenvalue weighted by Crippen LogP contribution is 2.33. The van der Waals surface area contributed by atoms with Gasteiger partial charge in [-0.3, -0.25) is 4.90 Å². The lowest BCUT2D eigenvalue weighted by atomic mass is 10.1. The van der Waals surface area contributed by atoms with Crippen molar-refractivity contribution in [3.05, 3.63) is 95.3 Å². The van der Waals surface area contributed by atoms with Gasteiger partial charge in [0.15, 0.2) is 17.2 Å². The predicted octanol–water partition coefficient (Wildman–Crippen LogP) is 4.80. The van der Waals surface area contributed by atoms with Crippen LogP contribution in [-0.2, 0) is 36.2 Å². The summed E-state index contributed by atoms with van der Waals surface area (Å²) in [7, 11) is -3.79. The van der Waals surface area contributed by atoms with Crippen LogP contribution in [0, 0.1) is 11.3 Å². The Balaban J connectivity index is 1.52. The van der Waals surface area contributed by atoms with E-state index in [1.165, 1.54) is 12.1 Å². The van der Waals surface area contributed by atoms with Gasteiger partial charge in [-0.05, 0) is 41.8 Å². The molecule has 1 aliphatic heterocycles. The fraction of sp³-hybridized carbons (Fsp3) is 0.267. The summed E-state index contributed by atoms with van der Waals surface area (Å²) in [6, 6.07) is 24.7. The molecule has 0 bridgehead atoms. The van der Waals surface area contributed by atoms with Crippen LogP contribution >= 0.6 is 0 Å². The first-order valence-corrected chi connectivity index (χ1v) is 14.7. The number of rotatable bonds is 11. The Kier molecular flexibility index (Phi) is 8.16. The Hall–Kier alpha value is -4.17. The zero-order chi connectivity index (χ0) is 28.1. The van der Waals surface area contributed by atoms with Gasteiger partial charge < -0.3 is 14.0 Å². The summed E-state index contributed by atoms with van der Waals surface area (Å²) in [5, 5.41) is 15.4. The van der Waals surface area contributed by atoms with Crippen LogP contribution in [0.5, 0.6) is 11.5 Å². The van der Waals surface area contributed by atoms with Gasteiger partial charge in [0, 0.05) is 31.7 Å². The molecule has 0 amide bonds. The fourth-order valence-electron chi connectivity index (χ4n) is 4.82. The summed E-state index contributed by atoms with van der Waals surface area (Å²) in [5.41, 5.74) is 4.13. The van der Waals surface area contributed by atoms with Crippen LogP contribution in [-0.4, -0.2) is 29.7 Å². The van der Waals surface area contributed by atoms with Gasteiger partial charge in [-0.25, -0.2) is 18.5 Å². The molecule has 0 fully saturated rings. The molecule has 40 heavy (non-hydrogen) atoms. The lowest BCUT2D eigenvalue weighted by Gasteiger charge is -2.24. The topological polar surface area (TPSA) is 123 Å². The third kappa shape index (κ3) is 6.18. The molecule has 3 aromatic carbocycles. The van der Waals surface area contributed by atoms with Crippen molar-refractivity contribution in [1.82, 2.24) is 14.5 Å². The number of nitrogens with two attached hydrogens (primary N) is 1. The Labute approximate surface area is 234 Å². The summed E-state index contributed by atoms with van der Waals surface area (Å²) in [4.78, 5) is 7.04. The van der Waals surface area contributed by atoms with Gasteiger partial charge in [0.1, 0.15) is 11.9 Å². The van der Waals surface area contributed by atoms with E-state index in [2.05, 4.69) is 22.5 Å². The van der Waals surface area contributed by atoms with E-state index in [4.69, 9.17) is 19.6 Å². The molecule has 1 aliphatic rings. The van der Waals surface area contributed by atoms with Crippen molar-refractivity contribution in [2.75, 3.05) is 6.79 Å². The highest BCUT2D eigenvalue weighted by atomic mass is 32.2. The third-order valence-corrected chi connectivity index (χ3v) is 7.75. The minimum absolute atomic E-state index is 0.0653. The molecule has 5 rings (SSSR count). The van der Waals surface area contributed by atoms with Crippen molar-refractivity contribution in [3.8, 4) is 29.0 Å². The monoisotopic (exact) mass is 557 g/mol. The molecule has 0 unspecified atom stereocenters. The van der Waals surface area contributed by atoms with Crippen molar-refractivity contribution in [1.29, 1.82) is 5.26 Å². The first-order valence-electron chi connectivity index (χ1n) is 13.1. The molecule has 1 aromatic heterocycles. The maximum Gasteiger partial charge on any atom is 0.238 e. The number of imidazole rings is 1. The smallest absolute Gasteiger partial charge is 0.238 e. The number of sulfonamides is 1. The lowest BCUT2D eigenvalue weighted by molar-refractivity contribution is 0.174. The van der Waals surface area contributed by atoms with Gasteiger partial charge in [0.05, 0.1) is 10.6 Å². The summed E-state index contributed by atoms with van der Waals surface area (Å²) in [5.74, 6) is 2.19. The number of unbranched alkanes of at least 4 members (excludes halogenated alkanes) is 1. The predicted molar refractivity (Wildman–Crippen MR) is 151 cm³/mol. The third-order valence-electron chi connectivity index (χ3n) is 6.82. The quantitative estimate of drug-likeness (QED) is 0.281. The minimum Gasteiger partial charge on any atom is -0.454 e. The number of nitrogens with zero attached hydrogens (tertiary/aromatic N) is 4. The van der Waals surface area contributed by atoms with Crippen molar-refractivity contribution in [3.63, 3.8) is 0 Å². The number of primary sulfonamides is 1. The van der Waals surface area contributed by atoms with E-state index >= 15 is 0 Å². The molecule has 4 aromatic rings. The van der Waals surface area contributed by atoms with Gasteiger partial charge in [-0.2, -0.15) is 5.26 Å². The summed E-state index contributed by atoms with van der Waals surface area (Å²) in [6.07, 6.45) is 1.95. The molecule has 0 saturated heterocycles. The minimum atomic E-state index is -3.79. The van der Waals surface area contributed by atoms with E-state index in [0.717, 1.165) is 47.6 Å². The highest BCUT2D eigenvalue weighted by molar-refractivity contribution is 7.89. The number of benzene rings is 3. The van der Waals surface area contributed by atoms with Crippen LogP contribution in [0.1, 0.15) is 42.3 Å². The van der Waals surface area contributed by atoms with Crippen LogP contribution < -0.4 is 14.6 Å². The normalized spacial score (nSPS) is 12.6. The molecule has 206 valence electrons. The van der Waals surface area contributed by atoms with E-state index in [9.17, 15) is 13.7 Å². The van der Waals surface area contributed by atoms with Crippen LogP contribution in [0.2, 0.25) is 0 Å². The Morgan fingerprint density at radius 1 is 0.975 bits per heavy atom. The Morgan fingerprint density at radius 3 is 2.38 bits per heavy atom. The summed E-state index contributed by atoms with van der Waals surface area (Å²) < 4.78 is 36.7. The van der Waals surface area contributed by atoms with E-state index in [0.29, 0.717) is 36.8 Å². The number of hydrogen-bond acceptors (Lipinski definition) is 7. The molecule has 0 radical (unpaired) electrons. The maximum absolute atomic E-state index is 11.8. The molecule has 0 aliphatic carbocycles. The zero-order valence-electron chi connectivity index (χ0n) is 22.3. The maximum atomic E-state index is 11.8. The van der Waals surface area contributed by atoms with Crippen LogP contribution in [0.4, 0.5) is 0 Å². The number of hydrogen-bond donors (Lipinski definition) is 1. The summed E-state index contributed by atoms with van der Waals surface area (Å²) >= 11 is 0. The van der Waals surface area contributed by atoms with Gasteiger partial charge >= 0.3 is 0 Å². The molecular formula is C30H31N5O4S. The molecule has 0 saturated carbocycles. The average Bonchev–Trinajstić information content (AvgIpc) is 3.56. The van der Waals surface area contributed by atoms with Crippen LogP contribution in [0.25, 0.3) is 11.4 Å². The van der Waals surface area contributed by atoms with Gasteiger partial charge in [-0.1, -0.05) is 61.9 Å². The Bertz CT molecular complexity index is 1630. The molecular weight excluding hydrogens is 526 g/mol. The second-order valence-electron chi connectivity index (χ2n) is 9.74. The van der Waals surface area contributed by atoms with Crippen molar-refractivity contribution >= 4 is 10.0 Å². The van der Waals surface area contributed by atoms with Gasteiger partial charge in [-0.15, -0.1) is 0 Å². The van der Waals surface area contributed by atoms with Crippen molar-refractivity contribution in [2.24, 2.45) is 5.14 Å². The number of fused-ring (bicyclic) bond motifs is 1. The molecule has 2 N–H and O–H groups in total. The average molecular weight is 558 g/mol. The molecule has 9 nitrogen and oxygen atoms in total. The van der Waals surface area contributed by atoms with Crippen molar-refractivity contribution < 1.29 is 17.9 Å². The van der Waals surface area contributed by atoms with E-state index in [-0.39, 0.29) is 11.7 Å². The molecule has 0 atom stereocenters. The second kappa shape index (κ2) is 11.9. The second-order valence-corrected chi connectivity index (χ2v) is 11.3. The number of aromatic nitrogens is 2. The fourth-order valence-corrected chi connectivity index (χ4v) is 5.34. The van der Waals surface area contributed by atoms with Crippen LogP contribution in [0.15, 0.2) is 77.7 Å². The van der Waals surface area contributed by atoms with Crippen LogP contribution in [0.3, 0.4) is 0 Å². The first kappa shape index (κ1) is 27.4. The lowest BCUT2D eigenvalue weighted by Crippen LogP contribution is -2.25. The zero-order valence-corrected chi connectivity index (χ0v) is 23.1. The number of nitriles is 1. The molecule has 10 heteroatoms. The van der Waals surface area contributed by atoms with E-state index in [1.807, 2.05) is 48.5 Å².